The van der Waals surface area contributed by atoms with Gasteiger partial charge >= 0.3 is 0 Å². The van der Waals surface area contributed by atoms with E-state index < -0.39 is 11.6 Å². The Balaban J connectivity index is 1.97. The maximum atomic E-state index is 13.9. The molecule has 0 radical (unpaired) electrons. The van der Waals surface area contributed by atoms with E-state index >= 15 is 0 Å². The van der Waals surface area contributed by atoms with Crippen molar-refractivity contribution in [2.24, 2.45) is 0 Å². The highest BCUT2D eigenvalue weighted by Gasteiger charge is 2.23. The van der Waals surface area contributed by atoms with E-state index in [-0.39, 0.29) is 22.2 Å². The van der Waals surface area contributed by atoms with Crippen LogP contribution in [0.25, 0.3) is 10.6 Å². The molecule has 0 saturated heterocycles. The molecule has 3 rings (SSSR count). The highest BCUT2D eigenvalue weighted by molar-refractivity contribution is 7.17. The lowest BCUT2D eigenvalue weighted by atomic mass is 10.2. The van der Waals surface area contributed by atoms with Gasteiger partial charge in [-0.15, -0.1) is 11.3 Å². The molecule has 0 bridgehead atoms. The summed E-state index contributed by atoms with van der Waals surface area (Å²) in [7, 11) is 1.58. The number of phenolic OH excluding ortho intramolecular Hbond substituents is 1. The number of thiazole rings is 1. The van der Waals surface area contributed by atoms with Gasteiger partial charge in [0.15, 0.2) is 0 Å². The minimum atomic E-state index is -0.723. The quantitative estimate of drug-likeness (QED) is 0.754. The average Bonchev–Trinajstić information content (AvgIpc) is 2.95. The summed E-state index contributed by atoms with van der Waals surface area (Å²) in [6, 6.07) is 9.72. The standard InChI is InChI=1S/C18H14F2N2O2S/c1-10-16(18(24)22(2)11-6-8-12(23)9-7-11)25-17(21-10)15-13(19)4-3-5-14(15)20/h3-9,23H,1-2H3. The minimum Gasteiger partial charge on any atom is -0.508 e. The van der Waals surface area contributed by atoms with Crippen LogP contribution in [0.4, 0.5) is 14.5 Å². The predicted octanol–water partition coefficient (Wildman–Crippen LogP) is 4.38. The van der Waals surface area contributed by atoms with Crippen LogP contribution in [0.5, 0.6) is 5.75 Å². The Morgan fingerprint density at radius 2 is 1.72 bits per heavy atom. The van der Waals surface area contributed by atoms with E-state index in [2.05, 4.69) is 4.98 Å². The van der Waals surface area contributed by atoms with Gasteiger partial charge in [-0.05, 0) is 43.3 Å². The molecule has 7 heteroatoms. The third-order valence-corrected chi connectivity index (χ3v) is 4.87. The summed E-state index contributed by atoms with van der Waals surface area (Å²) in [4.78, 5) is 18.6. The predicted molar refractivity (Wildman–Crippen MR) is 93.0 cm³/mol. The Bertz CT molecular complexity index is 918. The summed E-state index contributed by atoms with van der Waals surface area (Å²) >= 11 is 0.943. The molecule has 128 valence electrons. The van der Waals surface area contributed by atoms with Gasteiger partial charge in [0.25, 0.3) is 5.91 Å². The zero-order valence-electron chi connectivity index (χ0n) is 13.5. The van der Waals surface area contributed by atoms with Gasteiger partial charge in [0.05, 0.1) is 11.3 Å². The normalized spacial score (nSPS) is 10.7. The van der Waals surface area contributed by atoms with Crippen LogP contribution in [0, 0.1) is 18.6 Å². The number of aromatic nitrogens is 1. The van der Waals surface area contributed by atoms with Crippen molar-refractivity contribution in [3.63, 3.8) is 0 Å². The van der Waals surface area contributed by atoms with Crippen LogP contribution < -0.4 is 4.90 Å². The summed E-state index contributed by atoms with van der Waals surface area (Å²) in [5.41, 5.74) is 0.745. The van der Waals surface area contributed by atoms with Crippen LogP contribution in [0.1, 0.15) is 15.4 Å². The highest BCUT2D eigenvalue weighted by atomic mass is 32.1. The first kappa shape index (κ1) is 17.0. The van der Waals surface area contributed by atoms with Gasteiger partial charge in [-0.3, -0.25) is 4.79 Å². The molecule has 25 heavy (non-hydrogen) atoms. The number of rotatable bonds is 3. The minimum absolute atomic E-state index is 0.0934. The average molecular weight is 360 g/mol. The molecule has 0 saturated carbocycles. The summed E-state index contributed by atoms with van der Waals surface area (Å²) in [6.07, 6.45) is 0. The van der Waals surface area contributed by atoms with E-state index in [1.165, 1.54) is 23.1 Å². The molecule has 0 aliphatic carbocycles. The van der Waals surface area contributed by atoms with Crippen molar-refractivity contribution in [3.8, 4) is 16.3 Å². The number of hydrogen-bond donors (Lipinski definition) is 1. The Morgan fingerprint density at radius 3 is 2.32 bits per heavy atom. The van der Waals surface area contributed by atoms with Crippen LogP contribution in [0.2, 0.25) is 0 Å². The monoisotopic (exact) mass is 360 g/mol. The van der Waals surface area contributed by atoms with E-state index in [0.717, 1.165) is 23.5 Å². The molecule has 0 atom stereocenters. The van der Waals surface area contributed by atoms with Crippen LogP contribution >= 0.6 is 11.3 Å². The van der Waals surface area contributed by atoms with E-state index in [4.69, 9.17) is 0 Å². The molecule has 3 aromatic rings. The van der Waals surface area contributed by atoms with Crippen LogP contribution in [0.3, 0.4) is 0 Å². The van der Waals surface area contributed by atoms with Crippen LogP contribution in [-0.4, -0.2) is 23.0 Å². The molecule has 4 nitrogen and oxygen atoms in total. The van der Waals surface area contributed by atoms with Crippen molar-refractivity contribution >= 4 is 22.9 Å². The Kier molecular flexibility index (Phi) is 4.50. The van der Waals surface area contributed by atoms with E-state index in [1.807, 2.05) is 0 Å². The Hall–Kier alpha value is -2.80. The van der Waals surface area contributed by atoms with Crippen molar-refractivity contribution in [1.29, 1.82) is 0 Å². The van der Waals surface area contributed by atoms with Crippen molar-refractivity contribution < 1.29 is 18.7 Å². The molecule has 0 aliphatic rings. The Labute approximate surface area is 147 Å². The maximum absolute atomic E-state index is 13.9. The van der Waals surface area contributed by atoms with Gasteiger partial charge in [0, 0.05) is 12.7 Å². The lowest BCUT2D eigenvalue weighted by Gasteiger charge is -2.16. The van der Waals surface area contributed by atoms with Gasteiger partial charge < -0.3 is 10.0 Å². The second kappa shape index (κ2) is 6.60. The highest BCUT2D eigenvalue weighted by Crippen LogP contribution is 2.33. The molecule has 1 heterocycles. The first-order valence-corrected chi connectivity index (χ1v) is 8.19. The number of hydrogen-bond acceptors (Lipinski definition) is 4. The maximum Gasteiger partial charge on any atom is 0.270 e. The topological polar surface area (TPSA) is 53.4 Å². The summed E-state index contributed by atoms with van der Waals surface area (Å²) in [5.74, 6) is -1.70. The molecular formula is C18H14F2N2O2S. The van der Waals surface area contributed by atoms with E-state index in [9.17, 15) is 18.7 Å². The number of benzene rings is 2. The summed E-state index contributed by atoms with van der Waals surface area (Å²) < 4.78 is 27.9. The molecule has 0 spiro atoms. The fourth-order valence-corrected chi connectivity index (χ4v) is 3.44. The zero-order valence-corrected chi connectivity index (χ0v) is 14.3. The van der Waals surface area contributed by atoms with Gasteiger partial charge in [-0.1, -0.05) is 6.07 Å². The van der Waals surface area contributed by atoms with Gasteiger partial charge in [-0.25, -0.2) is 13.8 Å². The number of aromatic hydroxyl groups is 1. The third kappa shape index (κ3) is 3.23. The Morgan fingerprint density at radius 1 is 1.12 bits per heavy atom. The second-order valence-corrected chi connectivity index (χ2v) is 6.41. The first-order valence-electron chi connectivity index (χ1n) is 7.37. The first-order chi connectivity index (χ1) is 11.9. The summed E-state index contributed by atoms with van der Waals surface area (Å²) in [6.45, 7) is 1.62. The molecular weight excluding hydrogens is 346 g/mol. The van der Waals surface area contributed by atoms with Crippen molar-refractivity contribution in [2.75, 3.05) is 11.9 Å². The van der Waals surface area contributed by atoms with Crippen molar-refractivity contribution in [3.05, 3.63) is 64.7 Å². The van der Waals surface area contributed by atoms with Gasteiger partial charge in [0.1, 0.15) is 27.3 Å². The lowest BCUT2D eigenvalue weighted by Crippen LogP contribution is -2.25. The summed E-state index contributed by atoms with van der Waals surface area (Å²) in [5, 5.41) is 9.46. The molecule has 1 aromatic heterocycles. The number of carbonyl (C=O) groups excluding carboxylic acids is 1. The molecule has 0 unspecified atom stereocenters. The number of carbonyl (C=O) groups is 1. The van der Waals surface area contributed by atoms with E-state index in [1.54, 1.807) is 26.1 Å². The number of phenols is 1. The number of amides is 1. The largest absolute Gasteiger partial charge is 0.508 e. The number of nitrogens with zero attached hydrogens (tertiary/aromatic N) is 2. The van der Waals surface area contributed by atoms with Crippen LogP contribution in [-0.2, 0) is 0 Å². The fourth-order valence-electron chi connectivity index (χ4n) is 2.35. The molecule has 1 amide bonds. The van der Waals surface area contributed by atoms with Crippen molar-refractivity contribution in [1.82, 2.24) is 4.98 Å². The van der Waals surface area contributed by atoms with Gasteiger partial charge in [-0.2, -0.15) is 0 Å². The van der Waals surface area contributed by atoms with Crippen molar-refractivity contribution in [2.45, 2.75) is 6.92 Å². The lowest BCUT2D eigenvalue weighted by molar-refractivity contribution is 0.0996. The second-order valence-electron chi connectivity index (χ2n) is 5.41. The van der Waals surface area contributed by atoms with Crippen LogP contribution in [0.15, 0.2) is 42.5 Å². The van der Waals surface area contributed by atoms with Gasteiger partial charge in [0.2, 0.25) is 0 Å². The zero-order chi connectivity index (χ0) is 18.1. The smallest absolute Gasteiger partial charge is 0.270 e. The fraction of sp³-hybridized carbons (Fsp3) is 0.111. The molecule has 0 aliphatic heterocycles. The number of aryl methyl sites for hydroxylation is 1. The number of anilines is 1. The molecule has 1 N–H and O–H groups in total. The molecule has 2 aromatic carbocycles. The van der Waals surface area contributed by atoms with E-state index in [0.29, 0.717) is 16.3 Å². The third-order valence-electron chi connectivity index (χ3n) is 3.71. The molecule has 0 fully saturated rings. The SMILES string of the molecule is Cc1nc(-c2c(F)cccc2F)sc1C(=O)N(C)c1ccc(O)cc1. The number of halogens is 2.